The van der Waals surface area contributed by atoms with Crippen molar-refractivity contribution in [3.05, 3.63) is 23.8 Å². The number of fused-ring (bicyclic) bond motifs is 1. The van der Waals surface area contributed by atoms with Crippen LogP contribution in [0.2, 0.25) is 0 Å². The number of benzene rings is 1. The Labute approximate surface area is 156 Å². The van der Waals surface area contributed by atoms with Crippen LogP contribution in [0.25, 0.3) is 0 Å². The van der Waals surface area contributed by atoms with Gasteiger partial charge in [-0.2, -0.15) is 5.12 Å². The first-order valence-corrected chi connectivity index (χ1v) is 9.66. The summed E-state index contributed by atoms with van der Waals surface area (Å²) >= 11 is 0. The van der Waals surface area contributed by atoms with Crippen molar-refractivity contribution in [1.82, 2.24) is 21.3 Å². The van der Waals surface area contributed by atoms with Gasteiger partial charge in [0.15, 0.2) is 0 Å². The largest absolute Gasteiger partial charge is 0.488 e. The van der Waals surface area contributed by atoms with Crippen molar-refractivity contribution in [2.24, 2.45) is 0 Å². The van der Waals surface area contributed by atoms with Crippen molar-refractivity contribution in [2.75, 3.05) is 26.2 Å². The molecule has 0 radical (unpaired) electrons. The number of carbonyl (C=O) groups is 1. The van der Waals surface area contributed by atoms with E-state index in [-0.39, 0.29) is 6.10 Å². The molecule has 0 fully saturated rings. The van der Waals surface area contributed by atoms with E-state index in [2.05, 4.69) is 30.0 Å². The molecule has 1 unspecified atom stereocenters. The highest BCUT2D eigenvalue weighted by atomic mass is 16.6. The molecular formula is C19H32N4O3. The highest BCUT2D eigenvalue weighted by Gasteiger charge is 2.25. The van der Waals surface area contributed by atoms with E-state index in [1.54, 1.807) is 6.07 Å². The highest BCUT2D eigenvalue weighted by molar-refractivity contribution is 5.70. The number of nitrogens with zero attached hydrogens (tertiary/aromatic N) is 1. The lowest BCUT2D eigenvalue weighted by Gasteiger charge is -2.26. The maximum absolute atomic E-state index is 11.7. The highest BCUT2D eigenvalue weighted by Crippen LogP contribution is 2.32. The molecule has 0 saturated heterocycles. The number of amides is 1. The average Bonchev–Trinajstić information content (AvgIpc) is 3.03. The molecule has 0 saturated carbocycles. The standard InChI is InChI=1S/C19H32N4O3/c1-4-9-20-19(24)26-16-7-8-18-15(12-16)13-17(25-18)14-23(21-10-5-2)22-11-6-3/h7-8,12,17,21-22H,4-6,9-11,13-14H2,1-3H3,(H,20,24). The van der Waals surface area contributed by atoms with Crippen LogP contribution in [0.15, 0.2) is 18.2 Å². The lowest BCUT2D eigenvalue weighted by molar-refractivity contribution is 0.0621. The Morgan fingerprint density at radius 1 is 1.15 bits per heavy atom. The molecule has 7 nitrogen and oxygen atoms in total. The van der Waals surface area contributed by atoms with E-state index in [4.69, 9.17) is 9.47 Å². The summed E-state index contributed by atoms with van der Waals surface area (Å²) in [6.45, 7) is 9.47. The van der Waals surface area contributed by atoms with Crippen LogP contribution in [0.3, 0.4) is 0 Å². The second kappa shape index (κ2) is 11.0. The molecule has 0 aromatic heterocycles. The van der Waals surface area contributed by atoms with Crippen LogP contribution in [-0.4, -0.2) is 43.5 Å². The predicted molar refractivity (Wildman–Crippen MR) is 102 cm³/mol. The number of hydrogen-bond donors (Lipinski definition) is 3. The van der Waals surface area contributed by atoms with Crippen LogP contribution >= 0.6 is 0 Å². The maximum atomic E-state index is 11.7. The molecule has 1 aromatic carbocycles. The average molecular weight is 364 g/mol. The molecular weight excluding hydrogens is 332 g/mol. The fourth-order valence-corrected chi connectivity index (χ4v) is 2.71. The van der Waals surface area contributed by atoms with E-state index >= 15 is 0 Å². The van der Waals surface area contributed by atoms with Gasteiger partial charge in [-0.25, -0.2) is 15.6 Å². The van der Waals surface area contributed by atoms with Gasteiger partial charge in [0.2, 0.25) is 0 Å². The molecule has 0 spiro atoms. The van der Waals surface area contributed by atoms with Crippen molar-refractivity contribution in [2.45, 2.75) is 52.6 Å². The molecule has 1 heterocycles. The number of hydrazine groups is 2. The number of nitrogens with one attached hydrogen (secondary N) is 3. The van der Waals surface area contributed by atoms with Crippen molar-refractivity contribution in [3.63, 3.8) is 0 Å². The Morgan fingerprint density at radius 3 is 2.50 bits per heavy atom. The molecule has 1 aliphatic heterocycles. The van der Waals surface area contributed by atoms with Crippen molar-refractivity contribution < 1.29 is 14.3 Å². The number of ether oxygens (including phenoxy) is 2. The minimum atomic E-state index is -0.416. The fraction of sp³-hybridized carbons (Fsp3) is 0.632. The predicted octanol–water partition coefficient (Wildman–Crippen LogP) is 2.62. The second-order valence-electron chi connectivity index (χ2n) is 6.46. The first-order valence-electron chi connectivity index (χ1n) is 9.66. The van der Waals surface area contributed by atoms with Gasteiger partial charge in [-0.1, -0.05) is 20.8 Å². The van der Waals surface area contributed by atoms with Gasteiger partial charge in [-0.15, -0.1) is 0 Å². The van der Waals surface area contributed by atoms with Crippen LogP contribution in [-0.2, 0) is 6.42 Å². The van der Waals surface area contributed by atoms with E-state index in [0.29, 0.717) is 12.3 Å². The molecule has 146 valence electrons. The zero-order valence-electron chi connectivity index (χ0n) is 16.1. The van der Waals surface area contributed by atoms with E-state index in [1.165, 1.54) is 0 Å². The van der Waals surface area contributed by atoms with Gasteiger partial charge in [0.25, 0.3) is 0 Å². The zero-order valence-corrected chi connectivity index (χ0v) is 16.1. The zero-order chi connectivity index (χ0) is 18.8. The monoisotopic (exact) mass is 364 g/mol. The first-order chi connectivity index (χ1) is 12.7. The lowest BCUT2D eigenvalue weighted by Crippen LogP contribution is -2.52. The van der Waals surface area contributed by atoms with Gasteiger partial charge < -0.3 is 14.8 Å². The number of rotatable bonds is 11. The summed E-state index contributed by atoms with van der Waals surface area (Å²) < 4.78 is 11.4. The van der Waals surface area contributed by atoms with Crippen LogP contribution in [0, 0.1) is 0 Å². The summed E-state index contributed by atoms with van der Waals surface area (Å²) in [5.41, 5.74) is 7.83. The van der Waals surface area contributed by atoms with Crippen molar-refractivity contribution in [1.29, 1.82) is 0 Å². The Balaban J connectivity index is 1.89. The summed E-state index contributed by atoms with van der Waals surface area (Å²) in [6, 6.07) is 5.54. The third kappa shape index (κ3) is 6.48. The molecule has 1 aromatic rings. The van der Waals surface area contributed by atoms with Gasteiger partial charge in [0.1, 0.15) is 17.6 Å². The Hall–Kier alpha value is -1.83. The van der Waals surface area contributed by atoms with Gasteiger partial charge in [0.05, 0.1) is 6.54 Å². The topological polar surface area (TPSA) is 74.9 Å². The molecule has 3 N–H and O–H groups in total. The van der Waals surface area contributed by atoms with Crippen LogP contribution in [0.1, 0.15) is 45.6 Å². The Kier molecular flexibility index (Phi) is 8.67. The normalized spacial score (nSPS) is 15.6. The summed E-state index contributed by atoms with van der Waals surface area (Å²) in [5.74, 6) is 1.41. The smallest absolute Gasteiger partial charge is 0.412 e. The molecule has 7 heteroatoms. The summed E-state index contributed by atoms with van der Waals surface area (Å²) in [7, 11) is 0. The number of carbonyl (C=O) groups excluding carboxylic acids is 1. The van der Waals surface area contributed by atoms with Gasteiger partial charge >= 0.3 is 6.09 Å². The minimum Gasteiger partial charge on any atom is -0.488 e. The van der Waals surface area contributed by atoms with Gasteiger partial charge in [-0.3, -0.25) is 0 Å². The second-order valence-corrected chi connectivity index (χ2v) is 6.46. The molecule has 2 rings (SSSR count). The quantitative estimate of drug-likeness (QED) is 0.524. The Bertz CT molecular complexity index is 560. The van der Waals surface area contributed by atoms with Gasteiger partial charge in [0, 0.05) is 31.6 Å². The molecule has 1 aliphatic rings. The third-order valence-corrected chi connectivity index (χ3v) is 3.99. The Morgan fingerprint density at radius 2 is 1.85 bits per heavy atom. The SMILES string of the molecule is CCCNC(=O)Oc1ccc2c(c1)CC(CN(NCCC)NCCC)O2. The lowest BCUT2D eigenvalue weighted by atomic mass is 10.1. The summed E-state index contributed by atoms with van der Waals surface area (Å²) in [5, 5.41) is 4.73. The molecule has 0 bridgehead atoms. The number of hydrogen-bond acceptors (Lipinski definition) is 6. The molecule has 1 amide bonds. The fourth-order valence-electron chi connectivity index (χ4n) is 2.71. The van der Waals surface area contributed by atoms with Crippen molar-refractivity contribution >= 4 is 6.09 Å². The van der Waals surface area contributed by atoms with Crippen LogP contribution in [0.5, 0.6) is 11.5 Å². The maximum Gasteiger partial charge on any atom is 0.412 e. The summed E-state index contributed by atoms with van der Waals surface area (Å²) in [4.78, 5) is 11.7. The molecule has 0 aliphatic carbocycles. The van der Waals surface area contributed by atoms with E-state index < -0.39 is 6.09 Å². The van der Waals surface area contributed by atoms with Crippen LogP contribution < -0.4 is 25.6 Å². The van der Waals surface area contributed by atoms with E-state index in [0.717, 1.165) is 56.6 Å². The van der Waals surface area contributed by atoms with E-state index in [1.807, 2.05) is 24.2 Å². The minimum absolute atomic E-state index is 0.0582. The van der Waals surface area contributed by atoms with Crippen LogP contribution in [0.4, 0.5) is 4.79 Å². The summed E-state index contributed by atoms with van der Waals surface area (Å²) in [6.07, 6.45) is 3.45. The first kappa shape index (κ1) is 20.5. The van der Waals surface area contributed by atoms with Gasteiger partial charge in [-0.05, 0) is 37.5 Å². The molecule has 1 atom stereocenters. The van der Waals surface area contributed by atoms with E-state index in [9.17, 15) is 4.79 Å². The molecule has 26 heavy (non-hydrogen) atoms. The van der Waals surface area contributed by atoms with Crippen molar-refractivity contribution in [3.8, 4) is 11.5 Å². The third-order valence-electron chi connectivity index (χ3n) is 3.99.